The van der Waals surface area contributed by atoms with Crippen LogP contribution in [0, 0.1) is 5.92 Å². The average Bonchev–Trinajstić information content (AvgIpc) is 3.13. The summed E-state index contributed by atoms with van der Waals surface area (Å²) in [5, 5.41) is 8.60. The highest BCUT2D eigenvalue weighted by Crippen LogP contribution is 2.27. The van der Waals surface area contributed by atoms with Crippen molar-refractivity contribution >= 4 is 29.3 Å². The number of carbonyl (C=O) groups is 3. The number of hydrogen-bond acceptors (Lipinski definition) is 9. The molecule has 0 N–H and O–H groups in total. The average molecular weight is 665 g/mol. The Balaban J connectivity index is 1.19. The number of nitrogens with zero attached hydrogens (tertiary/aromatic N) is 2. The third-order valence-electron chi connectivity index (χ3n) is 8.14. The van der Waals surface area contributed by atoms with E-state index in [1.165, 1.54) is 29.8 Å². The Hall–Kier alpha value is -5.31. The van der Waals surface area contributed by atoms with Gasteiger partial charge in [0.05, 0.1) is 41.6 Å². The van der Waals surface area contributed by atoms with E-state index in [4.69, 9.17) is 18.9 Å². The lowest BCUT2D eigenvalue weighted by atomic mass is 9.94. The molecule has 0 aliphatic carbocycles. The fourth-order valence-electron chi connectivity index (χ4n) is 4.82. The second-order valence-electron chi connectivity index (χ2n) is 11.7. The number of hydrogen-bond donors (Lipinski definition) is 0. The Kier molecular flexibility index (Phi) is 14.1. The van der Waals surface area contributed by atoms with Crippen molar-refractivity contribution in [2.24, 2.45) is 16.1 Å². The topological polar surface area (TPSA) is 113 Å². The molecule has 0 saturated heterocycles. The van der Waals surface area contributed by atoms with Crippen molar-refractivity contribution in [3.05, 3.63) is 114 Å². The molecule has 0 spiro atoms. The Morgan fingerprint density at radius 3 is 1.51 bits per heavy atom. The predicted octanol–water partition coefficient (Wildman–Crippen LogP) is 10.2. The molecule has 0 aromatic heterocycles. The minimum absolute atomic E-state index is 0.0847. The molecule has 256 valence electrons. The van der Waals surface area contributed by atoms with Crippen LogP contribution >= 0.6 is 0 Å². The first-order valence-electron chi connectivity index (χ1n) is 16.8. The van der Waals surface area contributed by atoms with Crippen molar-refractivity contribution in [2.75, 3.05) is 13.2 Å². The molecule has 9 heteroatoms. The van der Waals surface area contributed by atoms with Gasteiger partial charge in [-0.2, -0.15) is 10.2 Å². The van der Waals surface area contributed by atoms with Crippen LogP contribution in [0.3, 0.4) is 0 Å². The normalized spacial score (nSPS) is 11.7. The van der Waals surface area contributed by atoms with Crippen molar-refractivity contribution in [1.29, 1.82) is 0 Å². The van der Waals surface area contributed by atoms with Gasteiger partial charge in [0, 0.05) is 0 Å². The number of benzene rings is 4. The third-order valence-corrected chi connectivity index (χ3v) is 8.14. The van der Waals surface area contributed by atoms with Gasteiger partial charge in [-0.1, -0.05) is 39.8 Å². The number of esters is 3. The van der Waals surface area contributed by atoms with Crippen molar-refractivity contribution in [3.8, 4) is 17.2 Å². The van der Waals surface area contributed by atoms with Crippen LogP contribution in [0.25, 0.3) is 0 Å². The highest BCUT2D eigenvalue weighted by Gasteiger charge is 2.13. The second kappa shape index (κ2) is 18.9. The van der Waals surface area contributed by atoms with Gasteiger partial charge in [0.2, 0.25) is 0 Å². The van der Waals surface area contributed by atoms with Gasteiger partial charge in [0.1, 0.15) is 17.2 Å². The van der Waals surface area contributed by atoms with Gasteiger partial charge in [0.15, 0.2) is 0 Å². The zero-order chi connectivity index (χ0) is 35.0. The van der Waals surface area contributed by atoms with Gasteiger partial charge in [-0.25, -0.2) is 9.59 Å². The van der Waals surface area contributed by atoms with Crippen molar-refractivity contribution in [3.63, 3.8) is 0 Å². The highest BCUT2D eigenvalue weighted by molar-refractivity contribution is 5.92. The van der Waals surface area contributed by atoms with Crippen LogP contribution in [0.4, 0.5) is 11.4 Å². The van der Waals surface area contributed by atoms with Crippen LogP contribution in [0.2, 0.25) is 0 Å². The monoisotopic (exact) mass is 664 g/mol. The smallest absolute Gasteiger partial charge is 0.343 e. The molecule has 4 aromatic carbocycles. The first kappa shape index (κ1) is 36.5. The maximum absolute atomic E-state index is 12.7. The molecule has 9 nitrogen and oxygen atoms in total. The van der Waals surface area contributed by atoms with Gasteiger partial charge in [-0.15, -0.1) is 0 Å². The van der Waals surface area contributed by atoms with Crippen LogP contribution in [0.15, 0.2) is 107 Å². The maximum Gasteiger partial charge on any atom is 0.343 e. The number of azo groups is 1. The van der Waals surface area contributed by atoms with Crippen LogP contribution in [-0.4, -0.2) is 31.1 Å². The van der Waals surface area contributed by atoms with Crippen LogP contribution in [0.1, 0.15) is 92.0 Å². The molecule has 0 bridgehead atoms. The summed E-state index contributed by atoms with van der Waals surface area (Å²) in [4.78, 5) is 37.0. The summed E-state index contributed by atoms with van der Waals surface area (Å²) in [6, 6.07) is 27.7. The largest absolute Gasteiger partial charge is 0.494 e. The van der Waals surface area contributed by atoms with E-state index >= 15 is 0 Å². The predicted molar refractivity (Wildman–Crippen MR) is 188 cm³/mol. The van der Waals surface area contributed by atoms with Gasteiger partial charge >= 0.3 is 17.9 Å². The summed E-state index contributed by atoms with van der Waals surface area (Å²) < 4.78 is 21.9. The molecule has 1 atom stereocenters. The molecular weight excluding hydrogens is 620 g/mol. The number of ether oxygens (including phenoxy) is 4. The number of carbonyl (C=O) groups excluding carboxylic acids is 3. The van der Waals surface area contributed by atoms with Crippen LogP contribution in [0.5, 0.6) is 17.2 Å². The van der Waals surface area contributed by atoms with E-state index in [1.54, 1.807) is 48.5 Å². The Labute approximate surface area is 288 Å². The van der Waals surface area contributed by atoms with E-state index in [9.17, 15) is 14.4 Å². The zero-order valence-corrected chi connectivity index (χ0v) is 28.6. The molecule has 49 heavy (non-hydrogen) atoms. The molecule has 0 aliphatic heterocycles. The Morgan fingerprint density at radius 2 is 1.02 bits per heavy atom. The quantitative estimate of drug-likeness (QED) is 0.0478. The highest BCUT2D eigenvalue weighted by atomic mass is 16.5. The molecule has 0 saturated carbocycles. The molecule has 0 aliphatic rings. The number of rotatable bonds is 17. The van der Waals surface area contributed by atoms with Crippen LogP contribution in [-0.2, 0) is 9.53 Å². The van der Waals surface area contributed by atoms with Crippen molar-refractivity contribution < 1.29 is 33.3 Å². The van der Waals surface area contributed by atoms with Crippen molar-refractivity contribution in [1.82, 2.24) is 0 Å². The lowest BCUT2D eigenvalue weighted by Crippen LogP contribution is -2.15. The van der Waals surface area contributed by atoms with Crippen molar-refractivity contribution in [2.45, 2.75) is 65.7 Å². The second-order valence-corrected chi connectivity index (χ2v) is 11.7. The van der Waals surface area contributed by atoms with E-state index in [0.717, 1.165) is 31.4 Å². The maximum atomic E-state index is 12.7. The molecule has 4 rings (SSSR count). The molecule has 4 aromatic rings. The SMILES string of the molecule is CCC(C)C(=O)OCCCCOc1ccc(C(=O)Oc2ccc(C(=O)Oc3ccc(N=Nc4ccc(C(CC)CC)cc4)cc3)cc2)cc1. The van der Waals surface area contributed by atoms with Gasteiger partial charge in [-0.3, -0.25) is 4.79 Å². The zero-order valence-electron chi connectivity index (χ0n) is 28.6. The summed E-state index contributed by atoms with van der Waals surface area (Å²) in [6.45, 7) is 9.03. The molecule has 0 radical (unpaired) electrons. The minimum Gasteiger partial charge on any atom is -0.494 e. The van der Waals surface area contributed by atoms with E-state index in [-0.39, 0.29) is 17.6 Å². The molecule has 0 fully saturated rings. The first-order chi connectivity index (χ1) is 23.8. The standard InChI is InChI=1S/C40H44N2O7/c1-5-28(4)38(43)47-27-9-8-26-46-35-20-12-31(13-21-35)39(44)48-36-22-14-32(15-23-36)40(45)49-37-24-18-34(19-25-37)42-41-33-16-10-30(11-17-33)29(6-2)7-3/h10-25,28-29H,5-9,26-27H2,1-4H3. The van der Waals surface area contributed by atoms with Gasteiger partial charge in [0.25, 0.3) is 0 Å². The third kappa shape index (κ3) is 11.4. The van der Waals surface area contributed by atoms with E-state index in [0.29, 0.717) is 53.9 Å². The summed E-state index contributed by atoms with van der Waals surface area (Å²) in [5.74, 6) is 0.479. The van der Waals surface area contributed by atoms with Gasteiger partial charge in [-0.05, 0) is 129 Å². The molecule has 0 amide bonds. The Morgan fingerprint density at radius 1 is 0.571 bits per heavy atom. The molecule has 1 unspecified atom stereocenters. The first-order valence-corrected chi connectivity index (χ1v) is 16.8. The van der Waals surface area contributed by atoms with E-state index in [2.05, 4.69) is 36.2 Å². The summed E-state index contributed by atoms with van der Waals surface area (Å²) >= 11 is 0. The summed E-state index contributed by atoms with van der Waals surface area (Å²) in [5.41, 5.74) is 3.36. The lowest BCUT2D eigenvalue weighted by molar-refractivity contribution is -0.148. The number of unbranched alkanes of at least 4 members (excludes halogenated alkanes) is 1. The minimum atomic E-state index is -0.549. The lowest BCUT2D eigenvalue weighted by Gasteiger charge is -2.12. The fraction of sp³-hybridized carbons (Fsp3) is 0.325. The van der Waals surface area contributed by atoms with Crippen LogP contribution < -0.4 is 14.2 Å². The van der Waals surface area contributed by atoms with E-state index < -0.39 is 11.9 Å². The summed E-state index contributed by atoms with van der Waals surface area (Å²) in [6.07, 6.45) is 4.41. The fourth-order valence-corrected chi connectivity index (χ4v) is 4.82. The Bertz CT molecular complexity index is 1660. The molecule has 0 heterocycles. The molecular formula is C40H44N2O7. The van der Waals surface area contributed by atoms with E-state index in [1.807, 2.05) is 26.0 Å². The van der Waals surface area contributed by atoms with Gasteiger partial charge < -0.3 is 18.9 Å². The summed E-state index contributed by atoms with van der Waals surface area (Å²) in [7, 11) is 0.